The van der Waals surface area contributed by atoms with Crippen LogP contribution in [0.2, 0.25) is 0 Å². The van der Waals surface area contributed by atoms with Crippen LogP contribution in [0.25, 0.3) is 4.96 Å². The van der Waals surface area contributed by atoms with Crippen LogP contribution in [0, 0.1) is 0 Å². The summed E-state index contributed by atoms with van der Waals surface area (Å²) in [6.45, 7) is 0.0189. The van der Waals surface area contributed by atoms with Crippen molar-refractivity contribution in [3.05, 3.63) is 55.1 Å². The van der Waals surface area contributed by atoms with Gasteiger partial charge in [0.2, 0.25) is 0 Å². The monoisotopic (exact) mass is 332 g/mol. The minimum absolute atomic E-state index is 0.0189. The summed E-state index contributed by atoms with van der Waals surface area (Å²) in [6.07, 6.45) is 4.95. The lowest BCUT2D eigenvalue weighted by Gasteiger charge is -2.03. The van der Waals surface area contributed by atoms with Crippen LogP contribution in [-0.2, 0) is 24.2 Å². The Morgan fingerprint density at radius 3 is 3.14 bits per heavy atom. The van der Waals surface area contributed by atoms with Gasteiger partial charge in [0.1, 0.15) is 11.5 Å². The molecular weight excluding hydrogens is 320 g/mol. The number of aromatic nitrogens is 2. The van der Waals surface area contributed by atoms with Crippen molar-refractivity contribution in [1.29, 1.82) is 0 Å². The fraction of sp³-hybridized carbons (Fsp3) is 0.267. The summed E-state index contributed by atoms with van der Waals surface area (Å²) in [5.41, 5.74) is 1.59. The number of hydrogen-bond donors (Lipinski definition) is 0. The number of thiazole rings is 1. The summed E-state index contributed by atoms with van der Waals surface area (Å²) in [6, 6.07) is 3.33. The summed E-state index contributed by atoms with van der Waals surface area (Å²) in [4.78, 5) is 30.8. The quantitative estimate of drug-likeness (QED) is 0.692. The van der Waals surface area contributed by atoms with E-state index >= 15 is 0 Å². The third-order valence-corrected chi connectivity index (χ3v) is 5.63. The van der Waals surface area contributed by atoms with Crippen LogP contribution < -0.4 is 5.56 Å². The Kier molecular flexibility index (Phi) is 3.31. The molecule has 0 atom stereocenters. The standard InChI is InChI=1S/C15H12N2O3S2/c18-13-7-10(16-15-17(13)4-5-21-15)8-20-14(19)12-6-9-2-1-3-11(9)22-12/h4-7H,1-3,8H2. The maximum Gasteiger partial charge on any atom is 0.348 e. The summed E-state index contributed by atoms with van der Waals surface area (Å²) in [5, 5.41) is 1.80. The molecule has 5 nitrogen and oxygen atoms in total. The molecule has 0 radical (unpaired) electrons. The number of ether oxygens (including phenoxy) is 1. The molecule has 1 aliphatic rings. The molecule has 0 aliphatic heterocycles. The summed E-state index contributed by atoms with van der Waals surface area (Å²) >= 11 is 2.89. The number of carbonyl (C=O) groups is 1. The molecule has 112 valence electrons. The second-order valence-electron chi connectivity index (χ2n) is 5.13. The Morgan fingerprint density at radius 1 is 1.36 bits per heavy atom. The first kappa shape index (κ1) is 13.7. The summed E-state index contributed by atoms with van der Waals surface area (Å²) in [7, 11) is 0. The zero-order valence-corrected chi connectivity index (χ0v) is 13.2. The molecule has 3 heterocycles. The van der Waals surface area contributed by atoms with Crippen LogP contribution in [0.3, 0.4) is 0 Å². The molecule has 3 aromatic heterocycles. The summed E-state index contributed by atoms with van der Waals surface area (Å²) in [5.74, 6) is -0.340. The van der Waals surface area contributed by atoms with Gasteiger partial charge in [0.15, 0.2) is 4.96 Å². The van der Waals surface area contributed by atoms with Crippen LogP contribution in [0.15, 0.2) is 28.5 Å². The Bertz CT molecular complexity index is 901. The van der Waals surface area contributed by atoms with Crippen molar-refractivity contribution in [1.82, 2.24) is 9.38 Å². The minimum Gasteiger partial charge on any atom is -0.455 e. The number of fused-ring (bicyclic) bond motifs is 2. The number of carbonyl (C=O) groups excluding carboxylic acids is 1. The minimum atomic E-state index is -0.340. The molecule has 3 aromatic rings. The van der Waals surface area contributed by atoms with Gasteiger partial charge in [-0.05, 0) is 30.9 Å². The van der Waals surface area contributed by atoms with Gasteiger partial charge >= 0.3 is 5.97 Å². The van der Waals surface area contributed by atoms with E-state index in [1.54, 1.807) is 11.6 Å². The number of aryl methyl sites for hydroxylation is 2. The predicted octanol–water partition coefficient (Wildman–Crippen LogP) is 2.66. The first-order valence-corrected chi connectivity index (χ1v) is 8.65. The first-order valence-electron chi connectivity index (χ1n) is 6.95. The molecule has 0 N–H and O–H groups in total. The van der Waals surface area contributed by atoms with E-state index < -0.39 is 0 Å². The lowest BCUT2D eigenvalue weighted by Crippen LogP contribution is -2.14. The Balaban J connectivity index is 1.50. The van der Waals surface area contributed by atoms with Crippen LogP contribution in [0.4, 0.5) is 0 Å². The number of esters is 1. The van der Waals surface area contributed by atoms with Crippen molar-refractivity contribution in [2.75, 3.05) is 0 Å². The zero-order valence-electron chi connectivity index (χ0n) is 11.6. The van der Waals surface area contributed by atoms with E-state index in [4.69, 9.17) is 4.74 Å². The van der Waals surface area contributed by atoms with Gasteiger partial charge in [-0.2, -0.15) is 0 Å². The number of rotatable bonds is 3. The average molecular weight is 332 g/mol. The fourth-order valence-corrected chi connectivity index (χ4v) is 4.49. The lowest BCUT2D eigenvalue weighted by molar-refractivity contribution is 0.0473. The van der Waals surface area contributed by atoms with Crippen LogP contribution >= 0.6 is 22.7 Å². The van der Waals surface area contributed by atoms with Gasteiger partial charge in [-0.1, -0.05) is 0 Å². The van der Waals surface area contributed by atoms with Crippen molar-refractivity contribution < 1.29 is 9.53 Å². The Morgan fingerprint density at radius 2 is 2.27 bits per heavy atom. The molecule has 0 saturated heterocycles. The van der Waals surface area contributed by atoms with E-state index in [0.29, 0.717) is 15.5 Å². The van der Waals surface area contributed by atoms with Gasteiger partial charge in [0, 0.05) is 22.5 Å². The van der Waals surface area contributed by atoms with Gasteiger partial charge in [-0.15, -0.1) is 22.7 Å². The second kappa shape index (κ2) is 5.33. The van der Waals surface area contributed by atoms with Gasteiger partial charge in [-0.3, -0.25) is 9.20 Å². The molecule has 0 aromatic carbocycles. The van der Waals surface area contributed by atoms with E-state index in [0.717, 1.165) is 12.8 Å². The van der Waals surface area contributed by atoms with Crippen molar-refractivity contribution in [3.63, 3.8) is 0 Å². The van der Waals surface area contributed by atoms with Crippen LogP contribution in [0.1, 0.15) is 32.2 Å². The number of hydrogen-bond acceptors (Lipinski definition) is 6. The highest BCUT2D eigenvalue weighted by atomic mass is 32.1. The highest BCUT2D eigenvalue weighted by Gasteiger charge is 2.19. The maximum absolute atomic E-state index is 12.1. The van der Waals surface area contributed by atoms with E-state index in [2.05, 4.69) is 4.98 Å². The third kappa shape index (κ3) is 2.36. The number of nitrogens with zero attached hydrogens (tertiary/aromatic N) is 2. The fourth-order valence-electron chi connectivity index (χ4n) is 2.60. The molecule has 7 heteroatoms. The molecular formula is C15H12N2O3S2. The van der Waals surface area contributed by atoms with Crippen LogP contribution in [-0.4, -0.2) is 15.4 Å². The smallest absolute Gasteiger partial charge is 0.348 e. The van der Waals surface area contributed by atoms with Crippen molar-refractivity contribution in [2.45, 2.75) is 25.9 Å². The number of thiophene rings is 1. The average Bonchev–Trinajstić information content (AvgIpc) is 3.19. The molecule has 4 rings (SSSR count). The molecule has 0 saturated carbocycles. The van der Waals surface area contributed by atoms with E-state index in [1.807, 2.05) is 6.07 Å². The van der Waals surface area contributed by atoms with Crippen molar-refractivity contribution >= 4 is 33.6 Å². The SMILES string of the molecule is O=C(OCc1cc(=O)n2ccsc2n1)c1cc2c(s1)CCC2. The van der Waals surface area contributed by atoms with E-state index in [9.17, 15) is 9.59 Å². The molecule has 0 unspecified atom stereocenters. The normalized spacial score (nSPS) is 13.5. The van der Waals surface area contributed by atoms with Gasteiger partial charge in [0.25, 0.3) is 5.56 Å². The highest BCUT2D eigenvalue weighted by molar-refractivity contribution is 7.15. The molecule has 0 amide bonds. The largest absolute Gasteiger partial charge is 0.455 e. The maximum atomic E-state index is 12.1. The second-order valence-corrected chi connectivity index (χ2v) is 7.14. The third-order valence-electron chi connectivity index (χ3n) is 3.66. The topological polar surface area (TPSA) is 60.7 Å². The van der Waals surface area contributed by atoms with Gasteiger partial charge in [0.05, 0.1) is 5.69 Å². The summed E-state index contributed by atoms with van der Waals surface area (Å²) < 4.78 is 6.77. The Labute approximate surface area is 133 Å². The van der Waals surface area contributed by atoms with Crippen LogP contribution in [0.5, 0.6) is 0 Å². The van der Waals surface area contributed by atoms with Gasteiger partial charge < -0.3 is 4.74 Å². The zero-order chi connectivity index (χ0) is 15.1. The highest BCUT2D eigenvalue weighted by Crippen LogP contribution is 2.31. The molecule has 0 fully saturated rings. The predicted molar refractivity (Wildman–Crippen MR) is 84.8 cm³/mol. The first-order chi connectivity index (χ1) is 10.7. The van der Waals surface area contributed by atoms with Crippen molar-refractivity contribution in [3.8, 4) is 0 Å². The van der Waals surface area contributed by atoms with E-state index in [1.165, 1.54) is 50.0 Å². The lowest BCUT2D eigenvalue weighted by atomic mass is 10.2. The molecule has 0 spiro atoms. The van der Waals surface area contributed by atoms with E-state index in [-0.39, 0.29) is 18.1 Å². The van der Waals surface area contributed by atoms with Gasteiger partial charge in [-0.25, -0.2) is 9.78 Å². The molecule has 22 heavy (non-hydrogen) atoms. The molecule has 1 aliphatic carbocycles. The Hall–Kier alpha value is -1.99. The molecule has 0 bridgehead atoms. The van der Waals surface area contributed by atoms with Crippen molar-refractivity contribution in [2.24, 2.45) is 0 Å².